The molecule has 2 N–H and O–H groups in total. The third-order valence-electron chi connectivity index (χ3n) is 2.04. The minimum Gasteiger partial charge on any atom is -0.379 e. The van der Waals surface area contributed by atoms with Crippen molar-refractivity contribution in [1.82, 2.24) is 15.5 Å². The number of carbonyl (C=O) groups excluding carboxylic acids is 1. The van der Waals surface area contributed by atoms with Gasteiger partial charge in [0.15, 0.2) is 0 Å². The average Bonchev–Trinajstić information content (AvgIpc) is 2.19. The van der Waals surface area contributed by atoms with Crippen LogP contribution in [-0.4, -0.2) is 57.4 Å². The van der Waals surface area contributed by atoms with Gasteiger partial charge in [-0.15, -0.1) is 0 Å². The maximum Gasteiger partial charge on any atom is 0.314 e. The van der Waals surface area contributed by atoms with Crippen LogP contribution in [0.1, 0.15) is 0 Å². The summed E-state index contributed by atoms with van der Waals surface area (Å²) in [6.07, 6.45) is 0. The summed E-state index contributed by atoms with van der Waals surface area (Å²) < 4.78 is 5.21. The fraction of sp³-hybridized carbons (Fsp3) is 0.875. The molecule has 0 unspecified atom stereocenters. The van der Waals surface area contributed by atoms with Gasteiger partial charge in [0, 0.05) is 33.2 Å². The van der Waals surface area contributed by atoms with Gasteiger partial charge >= 0.3 is 6.03 Å². The molecule has 0 aromatic carbocycles. The van der Waals surface area contributed by atoms with Crippen molar-refractivity contribution in [3.05, 3.63) is 0 Å². The standard InChI is InChI=1S/C8H17N3O2/c1-9-8(12)10-2-3-11-4-6-13-7-5-11/h2-7H2,1H3,(H2,9,10,12). The topological polar surface area (TPSA) is 53.6 Å². The predicted molar refractivity (Wildman–Crippen MR) is 49.7 cm³/mol. The number of amides is 2. The summed E-state index contributed by atoms with van der Waals surface area (Å²) in [5, 5.41) is 5.26. The molecule has 0 spiro atoms. The lowest BCUT2D eigenvalue weighted by molar-refractivity contribution is 0.0387. The first kappa shape index (κ1) is 10.3. The molecule has 0 radical (unpaired) electrons. The van der Waals surface area contributed by atoms with Crippen LogP contribution >= 0.6 is 0 Å². The highest BCUT2D eigenvalue weighted by molar-refractivity contribution is 5.73. The van der Waals surface area contributed by atoms with Crippen molar-refractivity contribution < 1.29 is 9.53 Å². The Bertz CT molecular complexity index is 157. The zero-order valence-corrected chi connectivity index (χ0v) is 8.01. The average molecular weight is 187 g/mol. The fourth-order valence-corrected chi connectivity index (χ4v) is 1.24. The van der Waals surface area contributed by atoms with E-state index in [1.165, 1.54) is 0 Å². The summed E-state index contributed by atoms with van der Waals surface area (Å²) in [7, 11) is 1.62. The van der Waals surface area contributed by atoms with Crippen LogP contribution in [0.2, 0.25) is 0 Å². The second kappa shape index (κ2) is 5.77. The molecule has 5 nitrogen and oxygen atoms in total. The van der Waals surface area contributed by atoms with E-state index in [0.29, 0.717) is 6.54 Å². The molecule has 76 valence electrons. The Morgan fingerprint density at radius 3 is 2.77 bits per heavy atom. The first-order valence-corrected chi connectivity index (χ1v) is 4.58. The van der Waals surface area contributed by atoms with Gasteiger partial charge in [0.1, 0.15) is 0 Å². The number of nitrogens with zero attached hydrogens (tertiary/aromatic N) is 1. The van der Waals surface area contributed by atoms with E-state index in [2.05, 4.69) is 15.5 Å². The number of ether oxygens (including phenoxy) is 1. The van der Waals surface area contributed by atoms with Crippen LogP contribution in [0, 0.1) is 0 Å². The molecular weight excluding hydrogens is 170 g/mol. The van der Waals surface area contributed by atoms with Crippen LogP contribution in [0.5, 0.6) is 0 Å². The van der Waals surface area contributed by atoms with E-state index in [1.807, 2.05) is 0 Å². The summed E-state index contributed by atoms with van der Waals surface area (Å²) in [5.41, 5.74) is 0. The van der Waals surface area contributed by atoms with Crippen molar-refractivity contribution >= 4 is 6.03 Å². The fourth-order valence-electron chi connectivity index (χ4n) is 1.24. The van der Waals surface area contributed by atoms with Gasteiger partial charge in [-0.1, -0.05) is 0 Å². The largest absolute Gasteiger partial charge is 0.379 e. The van der Waals surface area contributed by atoms with Crippen molar-refractivity contribution in [2.45, 2.75) is 0 Å². The minimum atomic E-state index is -0.117. The quantitative estimate of drug-likeness (QED) is 0.611. The van der Waals surface area contributed by atoms with Gasteiger partial charge < -0.3 is 15.4 Å². The molecule has 0 aromatic heterocycles. The van der Waals surface area contributed by atoms with E-state index in [4.69, 9.17) is 4.74 Å². The van der Waals surface area contributed by atoms with Gasteiger partial charge in [-0.2, -0.15) is 0 Å². The Hall–Kier alpha value is -0.810. The Labute approximate surface area is 78.4 Å². The minimum absolute atomic E-state index is 0.117. The zero-order chi connectivity index (χ0) is 9.52. The lowest BCUT2D eigenvalue weighted by Crippen LogP contribution is -2.43. The smallest absolute Gasteiger partial charge is 0.314 e. The van der Waals surface area contributed by atoms with Crippen LogP contribution < -0.4 is 10.6 Å². The third kappa shape index (κ3) is 4.10. The van der Waals surface area contributed by atoms with E-state index in [-0.39, 0.29) is 6.03 Å². The van der Waals surface area contributed by atoms with Crippen LogP contribution in [0.4, 0.5) is 4.79 Å². The third-order valence-corrected chi connectivity index (χ3v) is 2.04. The Balaban J connectivity index is 2.01. The lowest BCUT2D eigenvalue weighted by atomic mass is 10.4. The van der Waals surface area contributed by atoms with Gasteiger partial charge in [-0.05, 0) is 0 Å². The van der Waals surface area contributed by atoms with Gasteiger partial charge in [0.05, 0.1) is 13.2 Å². The van der Waals surface area contributed by atoms with Crippen molar-refractivity contribution in [3.63, 3.8) is 0 Å². The molecule has 0 bridgehead atoms. The number of hydrogen-bond acceptors (Lipinski definition) is 3. The summed E-state index contributed by atoms with van der Waals surface area (Å²) in [5.74, 6) is 0. The summed E-state index contributed by atoms with van der Waals surface area (Å²) in [4.78, 5) is 13.1. The number of urea groups is 1. The second-order valence-electron chi connectivity index (χ2n) is 2.96. The van der Waals surface area contributed by atoms with Gasteiger partial charge in [0.2, 0.25) is 0 Å². The molecule has 0 saturated carbocycles. The summed E-state index contributed by atoms with van der Waals surface area (Å²) in [6.45, 7) is 5.14. The molecule has 1 aliphatic rings. The van der Waals surface area contributed by atoms with Gasteiger partial charge in [0.25, 0.3) is 0 Å². The molecule has 1 saturated heterocycles. The summed E-state index contributed by atoms with van der Waals surface area (Å²) >= 11 is 0. The van der Waals surface area contributed by atoms with E-state index in [0.717, 1.165) is 32.8 Å². The monoisotopic (exact) mass is 187 g/mol. The Kier molecular flexibility index (Phi) is 4.56. The Morgan fingerprint density at radius 2 is 2.15 bits per heavy atom. The van der Waals surface area contributed by atoms with Gasteiger partial charge in [-0.3, -0.25) is 4.90 Å². The van der Waals surface area contributed by atoms with Crippen LogP contribution in [-0.2, 0) is 4.74 Å². The van der Waals surface area contributed by atoms with Crippen molar-refractivity contribution in [2.24, 2.45) is 0 Å². The number of hydrogen-bond donors (Lipinski definition) is 2. The summed E-state index contributed by atoms with van der Waals surface area (Å²) in [6, 6.07) is -0.117. The predicted octanol–water partition coefficient (Wildman–Crippen LogP) is -0.752. The first-order chi connectivity index (χ1) is 6.33. The van der Waals surface area contributed by atoms with E-state index in [1.54, 1.807) is 7.05 Å². The molecule has 1 heterocycles. The van der Waals surface area contributed by atoms with E-state index in [9.17, 15) is 4.79 Å². The number of rotatable bonds is 3. The molecular formula is C8H17N3O2. The molecule has 0 atom stereocenters. The van der Waals surface area contributed by atoms with E-state index >= 15 is 0 Å². The van der Waals surface area contributed by atoms with Crippen LogP contribution in [0.3, 0.4) is 0 Å². The lowest BCUT2D eigenvalue weighted by Gasteiger charge is -2.26. The number of morpholine rings is 1. The van der Waals surface area contributed by atoms with Crippen molar-refractivity contribution in [2.75, 3.05) is 46.4 Å². The SMILES string of the molecule is CNC(=O)NCCN1CCOCC1. The van der Waals surface area contributed by atoms with Gasteiger partial charge in [-0.25, -0.2) is 4.79 Å². The Morgan fingerprint density at radius 1 is 1.46 bits per heavy atom. The number of nitrogens with one attached hydrogen (secondary N) is 2. The van der Waals surface area contributed by atoms with Crippen LogP contribution in [0.15, 0.2) is 0 Å². The maximum absolute atomic E-state index is 10.8. The molecule has 0 aliphatic carbocycles. The molecule has 2 amide bonds. The van der Waals surface area contributed by atoms with Crippen molar-refractivity contribution in [1.29, 1.82) is 0 Å². The van der Waals surface area contributed by atoms with E-state index < -0.39 is 0 Å². The maximum atomic E-state index is 10.8. The second-order valence-corrected chi connectivity index (χ2v) is 2.96. The molecule has 1 rings (SSSR count). The van der Waals surface area contributed by atoms with Crippen molar-refractivity contribution in [3.8, 4) is 0 Å². The molecule has 0 aromatic rings. The normalized spacial score (nSPS) is 18.2. The zero-order valence-electron chi connectivity index (χ0n) is 8.01. The highest BCUT2D eigenvalue weighted by Gasteiger charge is 2.09. The highest BCUT2D eigenvalue weighted by atomic mass is 16.5. The molecule has 5 heteroatoms. The van der Waals surface area contributed by atoms with Crippen LogP contribution in [0.25, 0.3) is 0 Å². The highest BCUT2D eigenvalue weighted by Crippen LogP contribution is 1.94. The number of carbonyl (C=O) groups is 1. The molecule has 1 fully saturated rings. The molecule has 1 aliphatic heterocycles. The molecule has 13 heavy (non-hydrogen) atoms. The first-order valence-electron chi connectivity index (χ1n) is 4.58.